The van der Waals surface area contributed by atoms with Crippen LogP contribution in [-0.2, 0) is 0 Å². The Hall–Kier alpha value is -0.820. The summed E-state index contributed by atoms with van der Waals surface area (Å²) in [5, 5.41) is 9.47. The normalized spacial score (nSPS) is 13.1. The van der Waals surface area contributed by atoms with Gasteiger partial charge in [0.2, 0.25) is 0 Å². The van der Waals surface area contributed by atoms with Gasteiger partial charge < -0.3 is 5.11 Å². The number of allylic oxidation sites excluding steroid dienone is 5. The molecule has 0 fully saturated rings. The van der Waals surface area contributed by atoms with Crippen LogP contribution < -0.4 is 0 Å². The Morgan fingerprint density at radius 2 is 1.26 bits per heavy atom. The van der Waals surface area contributed by atoms with Gasteiger partial charge in [0.1, 0.15) is 0 Å². The lowest BCUT2D eigenvalue weighted by molar-refractivity contribution is 0.156. The summed E-state index contributed by atoms with van der Waals surface area (Å²) in [4.78, 5) is 0. The van der Waals surface area contributed by atoms with E-state index in [1.165, 1.54) is 77.0 Å². The second kappa shape index (κ2) is 19.2. The van der Waals surface area contributed by atoms with Crippen molar-refractivity contribution in [3.8, 4) is 0 Å². The topological polar surface area (TPSA) is 20.2 Å². The van der Waals surface area contributed by atoms with Crippen molar-refractivity contribution in [3.63, 3.8) is 0 Å². The summed E-state index contributed by atoms with van der Waals surface area (Å²) in [6.45, 7) is 5.71. The number of rotatable bonds is 17. The van der Waals surface area contributed by atoms with Crippen molar-refractivity contribution in [3.05, 3.63) is 37.0 Å². The van der Waals surface area contributed by atoms with Crippen molar-refractivity contribution >= 4 is 0 Å². The Kier molecular flexibility index (Phi) is 18.5. The molecular formula is C22H40O. The largest absolute Gasteiger partial charge is 0.393 e. The summed E-state index contributed by atoms with van der Waals surface area (Å²) in [5.41, 5.74) is 0. The minimum atomic E-state index is -0.0610. The molecule has 0 aliphatic heterocycles. The molecule has 0 aromatic rings. The van der Waals surface area contributed by atoms with E-state index in [1.807, 2.05) is 12.2 Å². The van der Waals surface area contributed by atoms with Crippen molar-refractivity contribution < 1.29 is 5.11 Å². The molecule has 1 atom stereocenters. The van der Waals surface area contributed by atoms with E-state index in [2.05, 4.69) is 25.7 Å². The summed E-state index contributed by atoms with van der Waals surface area (Å²) in [6.07, 6.45) is 28.2. The maximum absolute atomic E-state index is 9.47. The lowest BCUT2D eigenvalue weighted by Crippen LogP contribution is -2.03. The summed E-state index contributed by atoms with van der Waals surface area (Å²) in [5.74, 6) is 0. The Morgan fingerprint density at radius 3 is 1.78 bits per heavy atom. The van der Waals surface area contributed by atoms with Gasteiger partial charge in [-0.25, -0.2) is 0 Å². The molecule has 1 heteroatoms. The molecule has 0 saturated heterocycles. The Labute approximate surface area is 145 Å². The van der Waals surface area contributed by atoms with Gasteiger partial charge in [0, 0.05) is 0 Å². The van der Waals surface area contributed by atoms with Gasteiger partial charge >= 0.3 is 0 Å². The van der Waals surface area contributed by atoms with Gasteiger partial charge in [0.25, 0.3) is 0 Å². The van der Waals surface area contributed by atoms with Gasteiger partial charge in [0.05, 0.1) is 6.10 Å². The van der Waals surface area contributed by atoms with Crippen LogP contribution in [-0.4, -0.2) is 11.2 Å². The molecule has 1 nitrogen and oxygen atoms in total. The van der Waals surface area contributed by atoms with Gasteiger partial charge in [-0.1, -0.05) is 108 Å². The molecular weight excluding hydrogens is 280 g/mol. The van der Waals surface area contributed by atoms with E-state index < -0.39 is 0 Å². The van der Waals surface area contributed by atoms with E-state index in [1.54, 1.807) is 6.08 Å². The first-order chi connectivity index (χ1) is 11.3. The van der Waals surface area contributed by atoms with Crippen LogP contribution in [0.25, 0.3) is 0 Å². The highest BCUT2D eigenvalue weighted by Crippen LogP contribution is 2.13. The Balaban J connectivity index is 3.09. The minimum absolute atomic E-state index is 0.0610. The fraction of sp³-hybridized carbons (Fsp3) is 0.727. The fourth-order valence-corrected chi connectivity index (χ4v) is 2.75. The fourth-order valence-electron chi connectivity index (χ4n) is 2.75. The number of hydrogen-bond donors (Lipinski definition) is 1. The molecule has 0 bridgehead atoms. The molecule has 0 aromatic carbocycles. The maximum Gasteiger partial charge on any atom is 0.0537 e. The molecule has 0 aromatic heterocycles. The van der Waals surface area contributed by atoms with Crippen molar-refractivity contribution in [2.75, 3.05) is 0 Å². The smallest absolute Gasteiger partial charge is 0.0537 e. The van der Waals surface area contributed by atoms with Crippen molar-refractivity contribution in [1.29, 1.82) is 0 Å². The second-order valence-corrected chi connectivity index (χ2v) is 6.58. The summed E-state index contributed by atoms with van der Waals surface area (Å²) in [7, 11) is 0. The third-order valence-corrected chi connectivity index (χ3v) is 4.37. The predicted octanol–water partition coefficient (Wildman–Crippen LogP) is 7.13. The van der Waals surface area contributed by atoms with Crippen molar-refractivity contribution in [2.45, 2.75) is 103 Å². The molecule has 1 N–H and O–H groups in total. The highest BCUT2D eigenvalue weighted by molar-refractivity contribution is 5.08. The predicted molar refractivity (Wildman–Crippen MR) is 105 cm³/mol. The van der Waals surface area contributed by atoms with E-state index in [4.69, 9.17) is 0 Å². The standard InChI is InChI=1S/C22H40O/c1-3-5-6-7-8-9-10-11-12-13-14-15-16-17-18-19-20-21-22(23)4-2/h3,5-8,22-23H,1,4,9-21H2,2H3. The van der Waals surface area contributed by atoms with Crippen LogP contribution in [0.2, 0.25) is 0 Å². The number of aliphatic hydroxyl groups is 1. The first kappa shape index (κ1) is 22.2. The van der Waals surface area contributed by atoms with Gasteiger partial charge in [-0.15, -0.1) is 0 Å². The van der Waals surface area contributed by atoms with Gasteiger partial charge in [-0.3, -0.25) is 0 Å². The zero-order valence-corrected chi connectivity index (χ0v) is 15.5. The highest BCUT2D eigenvalue weighted by atomic mass is 16.3. The van der Waals surface area contributed by atoms with E-state index in [-0.39, 0.29) is 6.10 Å². The van der Waals surface area contributed by atoms with Crippen LogP contribution in [0, 0.1) is 0 Å². The molecule has 23 heavy (non-hydrogen) atoms. The summed E-state index contributed by atoms with van der Waals surface area (Å²) < 4.78 is 0. The lowest BCUT2D eigenvalue weighted by atomic mass is 10.0. The number of hydrogen-bond acceptors (Lipinski definition) is 1. The second-order valence-electron chi connectivity index (χ2n) is 6.58. The van der Waals surface area contributed by atoms with Crippen LogP contribution in [0.15, 0.2) is 37.0 Å². The van der Waals surface area contributed by atoms with Gasteiger partial charge in [-0.2, -0.15) is 0 Å². The molecule has 0 radical (unpaired) electrons. The molecule has 0 aliphatic carbocycles. The van der Waals surface area contributed by atoms with Crippen LogP contribution in [0.4, 0.5) is 0 Å². The molecule has 0 saturated carbocycles. The molecule has 134 valence electrons. The zero-order chi connectivity index (χ0) is 17.0. The third kappa shape index (κ3) is 19.1. The average molecular weight is 321 g/mol. The third-order valence-electron chi connectivity index (χ3n) is 4.37. The van der Waals surface area contributed by atoms with Crippen LogP contribution in [0.5, 0.6) is 0 Å². The number of unbranched alkanes of at least 4 members (excludes halogenated alkanes) is 11. The Bertz CT molecular complexity index is 290. The zero-order valence-electron chi connectivity index (χ0n) is 15.5. The first-order valence-corrected chi connectivity index (χ1v) is 9.93. The van der Waals surface area contributed by atoms with Crippen LogP contribution >= 0.6 is 0 Å². The number of aliphatic hydroxyl groups excluding tert-OH is 1. The molecule has 0 amide bonds. The molecule has 0 rings (SSSR count). The molecule has 1 unspecified atom stereocenters. The highest BCUT2D eigenvalue weighted by Gasteiger charge is 1.99. The molecule has 0 aliphatic rings. The monoisotopic (exact) mass is 320 g/mol. The Morgan fingerprint density at radius 1 is 0.739 bits per heavy atom. The van der Waals surface area contributed by atoms with Gasteiger partial charge in [0.15, 0.2) is 0 Å². The van der Waals surface area contributed by atoms with Crippen LogP contribution in [0.1, 0.15) is 96.8 Å². The average Bonchev–Trinajstić information content (AvgIpc) is 2.57. The van der Waals surface area contributed by atoms with E-state index >= 15 is 0 Å². The van der Waals surface area contributed by atoms with E-state index in [0.717, 1.165) is 12.8 Å². The van der Waals surface area contributed by atoms with Crippen molar-refractivity contribution in [2.24, 2.45) is 0 Å². The molecule has 0 heterocycles. The quantitative estimate of drug-likeness (QED) is 0.223. The SMILES string of the molecule is C=CC=CC=CCCCCCCCCCCCCCC(O)CC. The minimum Gasteiger partial charge on any atom is -0.393 e. The van der Waals surface area contributed by atoms with Crippen LogP contribution in [0.3, 0.4) is 0 Å². The van der Waals surface area contributed by atoms with Crippen molar-refractivity contribution in [1.82, 2.24) is 0 Å². The summed E-state index contributed by atoms with van der Waals surface area (Å²) in [6, 6.07) is 0. The van der Waals surface area contributed by atoms with E-state index in [9.17, 15) is 5.11 Å². The first-order valence-electron chi connectivity index (χ1n) is 9.93. The maximum atomic E-state index is 9.47. The summed E-state index contributed by atoms with van der Waals surface area (Å²) >= 11 is 0. The molecule has 0 spiro atoms. The van der Waals surface area contributed by atoms with E-state index in [0.29, 0.717) is 0 Å². The lowest BCUT2D eigenvalue weighted by Gasteiger charge is -2.06. The van der Waals surface area contributed by atoms with Gasteiger partial charge in [-0.05, 0) is 25.7 Å².